The molecule has 0 aliphatic rings. The minimum Gasteiger partial charge on any atom is -1.00 e. The maximum absolute atomic E-state index is 10.7. The van der Waals surface area contributed by atoms with Crippen LogP contribution in [0.3, 0.4) is 0 Å². The summed E-state index contributed by atoms with van der Waals surface area (Å²) in [6, 6.07) is 0. The standard InChI is InChI=1S/C7H14O3.Ca.2H/c1-3-9-5-7(8)6-10-4-2;;;/h3-6H2,1-2H3;;;/q;+2;2*-1. The van der Waals surface area contributed by atoms with Crippen LogP contribution < -0.4 is 0 Å². The first kappa shape index (κ1) is 14.4. The van der Waals surface area contributed by atoms with E-state index in [2.05, 4.69) is 0 Å². The molecule has 0 aliphatic heterocycles. The van der Waals surface area contributed by atoms with E-state index in [1.165, 1.54) is 0 Å². The van der Waals surface area contributed by atoms with E-state index in [1.807, 2.05) is 13.8 Å². The molecule has 0 atom stereocenters. The van der Waals surface area contributed by atoms with E-state index in [9.17, 15) is 4.79 Å². The Morgan fingerprint density at radius 3 is 1.82 bits per heavy atom. The van der Waals surface area contributed by atoms with Crippen molar-refractivity contribution in [2.45, 2.75) is 13.8 Å². The van der Waals surface area contributed by atoms with Crippen LogP contribution in [0.25, 0.3) is 0 Å². The number of Topliss-reactive ketones (excluding diaryl/α,β-unsaturated/α-hetero) is 1. The molecule has 0 aliphatic carbocycles. The Hall–Kier alpha value is 0.850. The first-order valence-corrected chi connectivity index (χ1v) is 3.48. The fraction of sp³-hybridized carbons (Fsp3) is 0.857. The molecule has 0 rings (SSSR count). The molecule has 0 spiro atoms. The fourth-order valence-electron chi connectivity index (χ4n) is 0.473. The topological polar surface area (TPSA) is 35.5 Å². The van der Waals surface area contributed by atoms with Crippen molar-refractivity contribution in [3.8, 4) is 0 Å². The van der Waals surface area contributed by atoms with Gasteiger partial charge in [-0.25, -0.2) is 0 Å². The summed E-state index contributed by atoms with van der Waals surface area (Å²) in [5.74, 6) is 0.00343. The molecular formula is C7H16CaO3. The van der Waals surface area contributed by atoms with Crippen molar-refractivity contribution in [3.63, 3.8) is 0 Å². The second-order valence-corrected chi connectivity index (χ2v) is 1.81. The van der Waals surface area contributed by atoms with Crippen LogP contribution in [-0.4, -0.2) is 69.9 Å². The molecule has 3 nitrogen and oxygen atoms in total. The number of hydrogen-bond donors (Lipinski definition) is 0. The smallest absolute Gasteiger partial charge is 1.00 e. The quantitative estimate of drug-likeness (QED) is 0.568. The number of carbonyl (C=O) groups excluding carboxylic acids is 1. The maximum Gasteiger partial charge on any atom is 2.00 e. The van der Waals surface area contributed by atoms with Crippen molar-refractivity contribution in [3.05, 3.63) is 0 Å². The van der Waals surface area contributed by atoms with Gasteiger partial charge in [-0.15, -0.1) is 0 Å². The van der Waals surface area contributed by atoms with Crippen molar-refractivity contribution in [1.82, 2.24) is 0 Å². The molecule has 0 N–H and O–H groups in total. The van der Waals surface area contributed by atoms with Gasteiger partial charge in [-0.05, 0) is 13.8 Å². The van der Waals surface area contributed by atoms with Crippen LogP contribution in [0, 0.1) is 0 Å². The van der Waals surface area contributed by atoms with E-state index in [0.29, 0.717) is 13.2 Å². The van der Waals surface area contributed by atoms with Gasteiger partial charge in [-0.1, -0.05) is 0 Å². The van der Waals surface area contributed by atoms with E-state index >= 15 is 0 Å². The van der Waals surface area contributed by atoms with Crippen molar-refractivity contribution in [2.75, 3.05) is 26.4 Å². The molecule has 0 heterocycles. The van der Waals surface area contributed by atoms with Crippen molar-refractivity contribution in [2.24, 2.45) is 0 Å². The molecule has 0 saturated carbocycles. The minimum absolute atomic E-state index is 0. The molecular weight excluding hydrogens is 172 g/mol. The fourth-order valence-corrected chi connectivity index (χ4v) is 0.473. The first-order chi connectivity index (χ1) is 4.81. The third-order valence-corrected chi connectivity index (χ3v) is 0.934. The Balaban J connectivity index is -0.000000135. The van der Waals surface area contributed by atoms with Crippen LogP contribution in [0.15, 0.2) is 0 Å². The average molecular weight is 188 g/mol. The van der Waals surface area contributed by atoms with E-state index < -0.39 is 0 Å². The van der Waals surface area contributed by atoms with E-state index in [1.54, 1.807) is 0 Å². The molecule has 0 aromatic carbocycles. The second kappa shape index (κ2) is 10.8. The van der Waals surface area contributed by atoms with E-state index in [-0.39, 0.29) is 59.6 Å². The first-order valence-electron chi connectivity index (χ1n) is 3.48. The number of carbonyl (C=O) groups is 1. The predicted octanol–water partition coefficient (Wildman–Crippen LogP) is 0.473. The molecule has 0 unspecified atom stereocenters. The third kappa shape index (κ3) is 10.8. The molecule has 0 bridgehead atoms. The van der Waals surface area contributed by atoms with E-state index in [0.717, 1.165) is 0 Å². The maximum atomic E-state index is 10.7. The largest absolute Gasteiger partial charge is 2.00 e. The minimum atomic E-state index is 0. The van der Waals surface area contributed by atoms with Crippen molar-refractivity contribution >= 4 is 43.5 Å². The summed E-state index contributed by atoms with van der Waals surface area (Å²) >= 11 is 0. The van der Waals surface area contributed by atoms with Gasteiger partial charge in [0.2, 0.25) is 0 Å². The molecule has 0 amide bonds. The summed E-state index contributed by atoms with van der Waals surface area (Å²) in [4.78, 5) is 10.7. The Morgan fingerprint density at radius 1 is 1.18 bits per heavy atom. The molecule has 0 radical (unpaired) electrons. The molecule has 64 valence electrons. The molecule has 4 heteroatoms. The zero-order valence-corrected chi connectivity index (χ0v) is 9.47. The van der Waals surface area contributed by atoms with Gasteiger partial charge in [0, 0.05) is 13.2 Å². The Bertz CT molecular complexity index is 93.7. The monoisotopic (exact) mass is 188 g/mol. The number of hydrogen-bond acceptors (Lipinski definition) is 3. The number of ether oxygens (including phenoxy) is 2. The summed E-state index contributed by atoms with van der Waals surface area (Å²) in [6.45, 7) is 5.23. The summed E-state index contributed by atoms with van der Waals surface area (Å²) in [7, 11) is 0. The normalized spacial score (nSPS) is 8.91. The van der Waals surface area contributed by atoms with Crippen molar-refractivity contribution in [1.29, 1.82) is 0 Å². The molecule has 0 aromatic heterocycles. The molecule has 0 fully saturated rings. The third-order valence-electron chi connectivity index (χ3n) is 0.934. The summed E-state index contributed by atoms with van der Waals surface area (Å²) < 4.78 is 9.73. The second-order valence-electron chi connectivity index (χ2n) is 1.81. The average Bonchev–Trinajstić information content (AvgIpc) is 1.97. The summed E-state index contributed by atoms with van der Waals surface area (Å²) in [6.07, 6.45) is 0. The Morgan fingerprint density at radius 2 is 1.55 bits per heavy atom. The summed E-state index contributed by atoms with van der Waals surface area (Å²) in [5.41, 5.74) is 0. The van der Waals surface area contributed by atoms with Gasteiger partial charge in [-0.3, -0.25) is 4.79 Å². The van der Waals surface area contributed by atoms with Crippen LogP contribution in [0.1, 0.15) is 16.7 Å². The van der Waals surface area contributed by atoms with Gasteiger partial charge >= 0.3 is 37.7 Å². The van der Waals surface area contributed by atoms with E-state index in [4.69, 9.17) is 9.47 Å². The van der Waals surface area contributed by atoms with Gasteiger partial charge in [0.05, 0.1) is 0 Å². The number of ketones is 1. The zero-order valence-electron chi connectivity index (χ0n) is 9.26. The van der Waals surface area contributed by atoms with Crippen LogP contribution in [0.4, 0.5) is 0 Å². The van der Waals surface area contributed by atoms with Crippen molar-refractivity contribution < 1.29 is 17.1 Å². The van der Waals surface area contributed by atoms with Gasteiger partial charge in [0.15, 0.2) is 5.78 Å². The molecule has 11 heavy (non-hydrogen) atoms. The summed E-state index contributed by atoms with van der Waals surface area (Å²) in [5, 5.41) is 0. The predicted molar refractivity (Wildman–Crippen MR) is 46.0 cm³/mol. The Labute approximate surface area is 100 Å². The van der Waals surface area contributed by atoms with Crippen LogP contribution >= 0.6 is 0 Å². The zero-order chi connectivity index (χ0) is 7.82. The van der Waals surface area contributed by atoms with Gasteiger partial charge in [0.1, 0.15) is 13.2 Å². The SMILES string of the molecule is CCOCC(=O)COCC.[Ca+2].[H-].[H-]. The van der Waals surface area contributed by atoms with Gasteiger partial charge in [0.25, 0.3) is 0 Å². The van der Waals surface area contributed by atoms with Crippen LogP contribution in [-0.2, 0) is 14.3 Å². The Kier molecular flexibility index (Phi) is 14.2. The van der Waals surface area contributed by atoms with Gasteiger partial charge < -0.3 is 12.3 Å². The van der Waals surface area contributed by atoms with Crippen LogP contribution in [0.5, 0.6) is 0 Å². The van der Waals surface area contributed by atoms with Crippen LogP contribution in [0.2, 0.25) is 0 Å². The molecule has 0 aromatic rings. The number of rotatable bonds is 6. The molecule has 0 saturated heterocycles. The van der Waals surface area contributed by atoms with Gasteiger partial charge in [-0.2, -0.15) is 0 Å².